The molecule has 214 valence electrons. The Bertz CT molecular complexity index is 1450. The molecule has 0 aliphatic rings. The first-order chi connectivity index (χ1) is 19.7. The molecule has 4 aromatic rings. The van der Waals surface area contributed by atoms with Crippen molar-refractivity contribution in [2.45, 2.75) is 52.5 Å². The maximum atomic E-state index is 13.5. The van der Waals surface area contributed by atoms with E-state index in [2.05, 4.69) is 30.4 Å². The van der Waals surface area contributed by atoms with Crippen molar-refractivity contribution in [2.24, 2.45) is 0 Å². The maximum absolute atomic E-state index is 13.5. The van der Waals surface area contributed by atoms with Gasteiger partial charge in [0, 0.05) is 25.1 Å². The monoisotopic (exact) mass is 561 g/mol. The lowest BCUT2D eigenvalue weighted by Crippen LogP contribution is -2.20. The predicted molar refractivity (Wildman–Crippen MR) is 155 cm³/mol. The molecule has 0 fully saturated rings. The SMILES string of the molecule is CC(=O)NCCCCc1ccc(OCc2cccc(-c3ccccc3)c2C)cc1OCc1ccccc1C(F)(F)F. The highest BCUT2D eigenvalue weighted by molar-refractivity contribution is 5.72. The molecule has 0 saturated heterocycles. The number of benzene rings is 4. The van der Waals surface area contributed by atoms with Crippen LogP contribution < -0.4 is 14.8 Å². The summed E-state index contributed by atoms with van der Waals surface area (Å²) in [7, 11) is 0. The zero-order valence-electron chi connectivity index (χ0n) is 23.3. The Morgan fingerprint density at radius 3 is 2.24 bits per heavy atom. The lowest BCUT2D eigenvalue weighted by Gasteiger charge is -2.17. The second-order valence-corrected chi connectivity index (χ2v) is 9.90. The van der Waals surface area contributed by atoms with Gasteiger partial charge in [-0.05, 0) is 66.1 Å². The Morgan fingerprint density at radius 1 is 0.780 bits per heavy atom. The molecule has 4 rings (SSSR count). The fourth-order valence-electron chi connectivity index (χ4n) is 4.68. The number of ether oxygens (including phenoxy) is 2. The van der Waals surface area contributed by atoms with Crippen LogP contribution in [0.4, 0.5) is 13.2 Å². The molecule has 0 spiro atoms. The topological polar surface area (TPSA) is 47.6 Å². The van der Waals surface area contributed by atoms with Crippen LogP contribution in [-0.4, -0.2) is 12.5 Å². The van der Waals surface area contributed by atoms with Gasteiger partial charge in [-0.25, -0.2) is 0 Å². The van der Waals surface area contributed by atoms with Crippen molar-refractivity contribution in [1.82, 2.24) is 5.32 Å². The summed E-state index contributed by atoms with van der Waals surface area (Å²) in [5, 5.41) is 2.78. The van der Waals surface area contributed by atoms with E-state index >= 15 is 0 Å². The number of unbranched alkanes of at least 4 members (excludes halogenated alkanes) is 1. The van der Waals surface area contributed by atoms with Crippen LogP contribution in [0.25, 0.3) is 11.1 Å². The fourth-order valence-corrected chi connectivity index (χ4v) is 4.68. The fraction of sp³-hybridized carbons (Fsp3) is 0.265. The normalized spacial score (nSPS) is 11.2. The van der Waals surface area contributed by atoms with Crippen molar-refractivity contribution in [3.63, 3.8) is 0 Å². The quantitative estimate of drug-likeness (QED) is 0.177. The minimum atomic E-state index is -4.47. The van der Waals surface area contributed by atoms with E-state index in [-0.39, 0.29) is 18.1 Å². The molecule has 41 heavy (non-hydrogen) atoms. The molecular weight excluding hydrogens is 527 g/mol. The first-order valence-electron chi connectivity index (χ1n) is 13.6. The molecule has 0 aliphatic carbocycles. The summed E-state index contributed by atoms with van der Waals surface area (Å²) >= 11 is 0. The summed E-state index contributed by atoms with van der Waals surface area (Å²) in [4.78, 5) is 11.1. The Labute approximate surface area is 239 Å². The lowest BCUT2D eigenvalue weighted by molar-refractivity contribution is -0.138. The van der Waals surface area contributed by atoms with Crippen LogP contribution >= 0.6 is 0 Å². The summed E-state index contributed by atoms with van der Waals surface area (Å²) in [6, 6.07) is 27.2. The van der Waals surface area contributed by atoms with E-state index in [4.69, 9.17) is 9.47 Å². The number of hydrogen-bond donors (Lipinski definition) is 1. The molecule has 1 N–H and O–H groups in total. The van der Waals surface area contributed by atoms with Crippen molar-refractivity contribution < 1.29 is 27.4 Å². The number of carbonyl (C=O) groups is 1. The molecule has 0 radical (unpaired) electrons. The molecule has 7 heteroatoms. The van der Waals surface area contributed by atoms with Gasteiger partial charge in [0.05, 0.1) is 5.56 Å². The smallest absolute Gasteiger partial charge is 0.416 e. The number of nitrogens with one attached hydrogen (secondary N) is 1. The predicted octanol–water partition coefficient (Wildman–Crippen LogP) is 8.30. The molecule has 1 amide bonds. The summed E-state index contributed by atoms with van der Waals surface area (Å²) in [6.45, 7) is 4.21. The van der Waals surface area contributed by atoms with Gasteiger partial charge < -0.3 is 14.8 Å². The summed E-state index contributed by atoms with van der Waals surface area (Å²) in [5.41, 5.74) is 4.64. The van der Waals surface area contributed by atoms with Crippen molar-refractivity contribution in [2.75, 3.05) is 6.54 Å². The van der Waals surface area contributed by atoms with Crippen LogP contribution in [0.1, 0.15) is 47.6 Å². The maximum Gasteiger partial charge on any atom is 0.416 e. The Hall–Kier alpha value is -4.26. The Kier molecular flexibility index (Phi) is 10.1. The van der Waals surface area contributed by atoms with Gasteiger partial charge in [-0.2, -0.15) is 13.2 Å². The van der Waals surface area contributed by atoms with Crippen LogP contribution in [0.5, 0.6) is 11.5 Å². The van der Waals surface area contributed by atoms with E-state index in [0.29, 0.717) is 31.1 Å². The van der Waals surface area contributed by atoms with Gasteiger partial charge in [0.25, 0.3) is 0 Å². The van der Waals surface area contributed by atoms with E-state index in [0.717, 1.165) is 46.7 Å². The number of amides is 1. The zero-order valence-corrected chi connectivity index (χ0v) is 23.3. The van der Waals surface area contributed by atoms with Gasteiger partial charge in [-0.1, -0.05) is 72.8 Å². The largest absolute Gasteiger partial charge is 0.489 e. The lowest BCUT2D eigenvalue weighted by atomic mass is 9.97. The molecular formula is C34H34F3NO3. The highest BCUT2D eigenvalue weighted by Crippen LogP contribution is 2.34. The van der Waals surface area contributed by atoms with E-state index in [9.17, 15) is 18.0 Å². The molecule has 4 aromatic carbocycles. The van der Waals surface area contributed by atoms with E-state index in [1.54, 1.807) is 12.1 Å². The molecule has 0 bridgehead atoms. The van der Waals surface area contributed by atoms with Gasteiger partial charge in [-0.15, -0.1) is 0 Å². The van der Waals surface area contributed by atoms with Gasteiger partial charge in [-0.3, -0.25) is 4.79 Å². The van der Waals surface area contributed by atoms with Crippen molar-refractivity contribution in [1.29, 1.82) is 0 Å². The molecule has 0 unspecified atom stereocenters. The third-order valence-electron chi connectivity index (χ3n) is 6.92. The first kappa shape index (κ1) is 29.7. The molecule has 0 aliphatic heterocycles. The van der Waals surface area contributed by atoms with Crippen molar-refractivity contribution in [3.8, 4) is 22.6 Å². The standard InChI is InChI=1S/C34H34F3NO3/c1-24-28(15-10-16-31(24)26-11-4-3-5-12-26)22-40-30-19-18-27(13-8-9-20-38-25(2)39)33(21-30)41-23-29-14-6-7-17-32(29)34(35,36)37/h3-7,10-12,14-19,21H,8-9,13,20,22-23H2,1-2H3,(H,38,39). The van der Waals surface area contributed by atoms with Crippen molar-refractivity contribution in [3.05, 3.63) is 119 Å². The van der Waals surface area contributed by atoms with E-state index in [1.165, 1.54) is 19.1 Å². The molecule has 0 atom stereocenters. The molecule has 0 heterocycles. The number of aryl methyl sites for hydroxylation is 1. The van der Waals surface area contributed by atoms with Crippen molar-refractivity contribution >= 4 is 5.91 Å². The van der Waals surface area contributed by atoms with Crippen LogP contribution in [0.15, 0.2) is 91.0 Å². The number of rotatable bonds is 12. The van der Waals surface area contributed by atoms with E-state index < -0.39 is 11.7 Å². The molecule has 0 saturated carbocycles. The van der Waals surface area contributed by atoms with Gasteiger partial charge >= 0.3 is 6.18 Å². The number of hydrogen-bond acceptors (Lipinski definition) is 3. The van der Waals surface area contributed by atoms with Crippen LogP contribution in [0.3, 0.4) is 0 Å². The second kappa shape index (κ2) is 13.9. The third kappa shape index (κ3) is 8.37. The molecule has 4 nitrogen and oxygen atoms in total. The summed E-state index contributed by atoms with van der Waals surface area (Å²) in [6.07, 6.45) is -2.27. The van der Waals surface area contributed by atoms with Crippen LogP contribution in [-0.2, 0) is 30.6 Å². The van der Waals surface area contributed by atoms with Gasteiger partial charge in [0.2, 0.25) is 5.91 Å². The third-order valence-corrected chi connectivity index (χ3v) is 6.92. The van der Waals surface area contributed by atoms with E-state index in [1.807, 2.05) is 42.5 Å². The second-order valence-electron chi connectivity index (χ2n) is 9.90. The Morgan fingerprint density at radius 2 is 1.49 bits per heavy atom. The number of halogens is 3. The zero-order chi connectivity index (χ0) is 29.2. The minimum Gasteiger partial charge on any atom is -0.489 e. The Balaban J connectivity index is 1.51. The van der Waals surface area contributed by atoms with Crippen LogP contribution in [0, 0.1) is 6.92 Å². The highest BCUT2D eigenvalue weighted by atomic mass is 19.4. The summed E-state index contributed by atoms with van der Waals surface area (Å²) in [5.74, 6) is 0.966. The average Bonchev–Trinajstić information content (AvgIpc) is 2.96. The highest BCUT2D eigenvalue weighted by Gasteiger charge is 2.33. The average molecular weight is 562 g/mol. The van der Waals surface area contributed by atoms with Crippen LogP contribution in [0.2, 0.25) is 0 Å². The number of carbonyl (C=O) groups excluding carboxylic acids is 1. The van der Waals surface area contributed by atoms with Gasteiger partial charge in [0.1, 0.15) is 24.7 Å². The van der Waals surface area contributed by atoms with Gasteiger partial charge in [0.15, 0.2) is 0 Å². The molecule has 0 aromatic heterocycles. The minimum absolute atomic E-state index is 0.0660. The summed E-state index contributed by atoms with van der Waals surface area (Å²) < 4.78 is 52.8. The number of alkyl halides is 3. The first-order valence-corrected chi connectivity index (χ1v) is 13.6.